The largest absolute Gasteiger partial charge is 0.431 e. The Kier molecular flexibility index (Phi) is 6.34. The number of fused-ring (bicyclic) bond motifs is 2. The van der Waals surface area contributed by atoms with Gasteiger partial charge in [0.25, 0.3) is 0 Å². The summed E-state index contributed by atoms with van der Waals surface area (Å²) in [4.78, 5) is 12.8. The van der Waals surface area contributed by atoms with E-state index < -0.39 is 6.29 Å². The number of hydrogen-bond donors (Lipinski definition) is 0. The quantitative estimate of drug-likeness (QED) is 0.187. The van der Waals surface area contributed by atoms with E-state index in [-0.39, 0.29) is 12.4 Å². The number of hydrogen-bond acceptors (Lipinski definition) is 3. The number of methoxy groups -OCH3 is 1. The smallest absolute Gasteiger partial charge is 0.312 e. The summed E-state index contributed by atoms with van der Waals surface area (Å²) in [6, 6.07) is 26.6. The molecule has 0 aliphatic carbocycles. The van der Waals surface area contributed by atoms with Crippen LogP contribution in [0.3, 0.4) is 0 Å². The first-order chi connectivity index (χ1) is 15.1. The number of esters is 1. The average Bonchev–Trinajstić information content (AvgIpc) is 2.81. The van der Waals surface area contributed by atoms with Crippen molar-refractivity contribution < 1.29 is 14.3 Å². The fourth-order valence-electron chi connectivity index (χ4n) is 4.06. The molecule has 0 amide bonds. The molecule has 4 rings (SSSR count). The minimum absolute atomic E-state index is 0.212. The van der Waals surface area contributed by atoms with Crippen LogP contribution in [0.25, 0.3) is 21.5 Å². The third kappa shape index (κ3) is 4.47. The summed E-state index contributed by atoms with van der Waals surface area (Å²) in [6.07, 6.45) is 0.530. The number of benzene rings is 4. The fourth-order valence-corrected chi connectivity index (χ4v) is 4.06. The van der Waals surface area contributed by atoms with Gasteiger partial charge in [0, 0.05) is 12.7 Å². The Morgan fingerprint density at radius 2 is 1.45 bits per heavy atom. The molecule has 0 spiro atoms. The van der Waals surface area contributed by atoms with E-state index in [9.17, 15) is 4.79 Å². The number of carbonyl (C=O) groups excluding carboxylic acids is 1. The van der Waals surface area contributed by atoms with Crippen molar-refractivity contribution in [1.29, 1.82) is 0 Å². The SMILES string of the molecule is CCC(C)c1ccc(CC(=O)OC(OC)c2c3ccccc3cc3ccccc23)cc1. The Morgan fingerprint density at radius 3 is 2.00 bits per heavy atom. The highest BCUT2D eigenvalue weighted by Crippen LogP contribution is 2.35. The van der Waals surface area contributed by atoms with Crippen molar-refractivity contribution in [2.24, 2.45) is 0 Å². The molecule has 4 aromatic rings. The van der Waals surface area contributed by atoms with Gasteiger partial charge in [0.2, 0.25) is 6.29 Å². The lowest BCUT2D eigenvalue weighted by molar-refractivity contribution is -0.173. The molecule has 4 aromatic carbocycles. The van der Waals surface area contributed by atoms with Gasteiger partial charge in [-0.05, 0) is 51.1 Å². The highest BCUT2D eigenvalue weighted by molar-refractivity contribution is 6.02. The predicted octanol–water partition coefficient (Wildman–Crippen LogP) is 6.94. The molecule has 3 nitrogen and oxygen atoms in total. The van der Waals surface area contributed by atoms with E-state index in [4.69, 9.17) is 9.47 Å². The van der Waals surface area contributed by atoms with Crippen LogP contribution in [0.4, 0.5) is 0 Å². The highest BCUT2D eigenvalue weighted by Gasteiger charge is 2.22. The van der Waals surface area contributed by atoms with Gasteiger partial charge in [-0.25, -0.2) is 0 Å². The maximum atomic E-state index is 12.8. The minimum atomic E-state index is -0.775. The van der Waals surface area contributed by atoms with Crippen LogP contribution in [-0.2, 0) is 20.7 Å². The molecule has 158 valence electrons. The molecule has 0 saturated carbocycles. The molecule has 0 aromatic heterocycles. The third-order valence-electron chi connectivity index (χ3n) is 6.01. The lowest BCUT2D eigenvalue weighted by Gasteiger charge is -2.21. The summed E-state index contributed by atoms with van der Waals surface area (Å²) < 4.78 is 11.5. The molecular weight excluding hydrogens is 384 g/mol. The molecule has 0 fully saturated rings. The molecule has 31 heavy (non-hydrogen) atoms. The van der Waals surface area contributed by atoms with E-state index >= 15 is 0 Å². The van der Waals surface area contributed by atoms with Gasteiger partial charge in [-0.2, -0.15) is 0 Å². The Morgan fingerprint density at radius 1 is 0.871 bits per heavy atom. The van der Waals surface area contributed by atoms with Gasteiger partial charge < -0.3 is 9.47 Å². The Hall–Kier alpha value is -3.17. The van der Waals surface area contributed by atoms with Gasteiger partial charge in [-0.15, -0.1) is 0 Å². The molecule has 0 saturated heterocycles. The zero-order valence-electron chi connectivity index (χ0n) is 18.3. The van der Waals surface area contributed by atoms with E-state index in [1.807, 2.05) is 48.5 Å². The van der Waals surface area contributed by atoms with E-state index in [0.29, 0.717) is 5.92 Å². The van der Waals surface area contributed by atoms with Crippen LogP contribution in [0.15, 0.2) is 78.9 Å². The highest BCUT2D eigenvalue weighted by atomic mass is 16.7. The van der Waals surface area contributed by atoms with Crippen molar-refractivity contribution in [3.05, 3.63) is 95.6 Å². The van der Waals surface area contributed by atoms with Crippen LogP contribution in [-0.4, -0.2) is 13.1 Å². The first kappa shape index (κ1) is 21.1. The monoisotopic (exact) mass is 412 g/mol. The van der Waals surface area contributed by atoms with Crippen molar-refractivity contribution in [2.75, 3.05) is 7.11 Å². The Labute approximate surface area is 183 Å². The average molecular weight is 413 g/mol. The van der Waals surface area contributed by atoms with E-state index in [0.717, 1.165) is 39.1 Å². The second-order valence-corrected chi connectivity index (χ2v) is 8.02. The zero-order chi connectivity index (χ0) is 21.8. The van der Waals surface area contributed by atoms with Crippen LogP contribution in [0, 0.1) is 0 Å². The topological polar surface area (TPSA) is 35.5 Å². The van der Waals surface area contributed by atoms with Crippen molar-refractivity contribution in [3.63, 3.8) is 0 Å². The van der Waals surface area contributed by atoms with Crippen LogP contribution >= 0.6 is 0 Å². The van der Waals surface area contributed by atoms with E-state index in [2.05, 4.69) is 44.2 Å². The van der Waals surface area contributed by atoms with E-state index in [1.165, 1.54) is 5.56 Å². The summed E-state index contributed by atoms with van der Waals surface area (Å²) >= 11 is 0. The Bertz CT molecular complexity index is 1140. The van der Waals surface area contributed by atoms with E-state index in [1.54, 1.807) is 7.11 Å². The fraction of sp³-hybridized carbons (Fsp3) is 0.250. The zero-order valence-corrected chi connectivity index (χ0v) is 18.3. The lowest BCUT2D eigenvalue weighted by Crippen LogP contribution is -2.15. The van der Waals surface area contributed by atoms with Gasteiger partial charge in [-0.1, -0.05) is 86.6 Å². The summed E-state index contributed by atoms with van der Waals surface area (Å²) in [5.74, 6) is 0.207. The van der Waals surface area contributed by atoms with Crippen molar-refractivity contribution >= 4 is 27.5 Å². The second-order valence-electron chi connectivity index (χ2n) is 8.02. The number of carbonyl (C=O) groups is 1. The summed E-state index contributed by atoms with van der Waals surface area (Å²) in [6.45, 7) is 4.39. The number of ether oxygens (including phenoxy) is 2. The lowest BCUT2D eigenvalue weighted by atomic mass is 9.96. The van der Waals surface area contributed by atoms with Gasteiger partial charge >= 0.3 is 5.97 Å². The molecule has 0 aliphatic rings. The molecule has 0 radical (unpaired) electrons. The molecule has 2 atom stereocenters. The standard InChI is InChI=1S/C28H28O3/c1-4-19(2)21-15-13-20(14-16-21)17-26(29)31-28(30-3)27-24-11-7-5-9-22(24)18-23-10-6-8-12-25(23)27/h5-16,18-19,28H,4,17H2,1-3H3. The predicted molar refractivity (Wildman–Crippen MR) is 126 cm³/mol. The van der Waals surface area contributed by atoms with Crippen molar-refractivity contribution in [1.82, 2.24) is 0 Å². The van der Waals surface area contributed by atoms with Crippen molar-refractivity contribution in [2.45, 2.75) is 38.9 Å². The molecular formula is C28H28O3. The molecule has 0 heterocycles. The van der Waals surface area contributed by atoms with Crippen LogP contribution in [0.5, 0.6) is 0 Å². The Balaban J connectivity index is 1.62. The first-order valence-electron chi connectivity index (χ1n) is 10.8. The maximum Gasteiger partial charge on any atom is 0.312 e. The normalized spacial score (nSPS) is 13.3. The minimum Gasteiger partial charge on any atom is -0.431 e. The summed E-state index contributed by atoms with van der Waals surface area (Å²) in [5, 5.41) is 4.24. The molecule has 0 N–H and O–H groups in total. The molecule has 2 unspecified atom stereocenters. The van der Waals surface area contributed by atoms with Crippen LogP contribution in [0.1, 0.15) is 49.2 Å². The van der Waals surface area contributed by atoms with Crippen molar-refractivity contribution in [3.8, 4) is 0 Å². The second kappa shape index (κ2) is 9.32. The van der Waals surface area contributed by atoms with Crippen LogP contribution < -0.4 is 0 Å². The third-order valence-corrected chi connectivity index (χ3v) is 6.01. The van der Waals surface area contributed by atoms with Crippen LogP contribution in [0.2, 0.25) is 0 Å². The molecule has 0 aliphatic heterocycles. The van der Waals surface area contributed by atoms with Gasteiger partial charge in [0.1, 0.15) is 0 Å². The maximum absolute atomic E-state index is 12.8. The summed E-state index contributed by atoms with van der Waals surface area (Å²) in [5.41, 5.74) is 3.11. The molecule has 3 heteroatoms. The molecule has 0 bridgehead atoms. The number of rotatable bonds is 7. The first-order valence-corrected chi connectivity index (χ1v) is 10.8. The van der Waals surface area contributed by atoms with Gasteiger partial charge in [-0.3, -0.25) is 4.79 Å². The van der Waals surface area contributed by atoms with Gasteiger partial charge in [0.15, 0.2) is 0 Å². The summed E-state index contributed by atoms with van der Waals surface area (Å²) in [7, 11) is 1.58. The van der Waals surface area contributed by atoms with Gasteiger partial charge in [0.05, 0.1) is 6.42 Å².